The quantitative estimate of drug-likeness (QED) is 0.923. The third-order valence-corrected chi connectivity index (χ3v) is 4.09. The molecule has 0 saturated heterocycles. The van der Waals surface area contributed by atoms with Crippen LogP contribution >= 0.6 is 38.6 Å². The number of halogens is 1. The standard InChI is InChI=1S/C8H4BrNO2S2/c9-7-5(10-3-14-7)4-1-2-13-6(4)8(11)12/h1-3H,(H,11,12). The Bertz CT molecular complexity index is 477. The Balaban J connectivity index is 2.57. The Morgan fingerprint density at radius 1 is 1.50 bits per heavy atom. The second kappa shape index (κ2) is 3.80. The van der Waals surface area contributed by atoms with Gasteiger partial charge in [-0.15, -0.1) is 22.7 Å². The van der Waals surface area contributed by atoms with Crippen LogP contribution in [0, 0.1) is 0 Å². The van der Waals surface area contributed by atoms with Gasteiger partial charge in [-0.1, -0.05) is 0 Å². The lowest BCUT2D eigenvalue weighted by molar-refractivity contribution is 0.0703. The van der Waals surface area contributed by atoms with E-state index in [1.807, 2.05) is 0 Å². The van der Waals surface area contributed by atoms with Gasteiger partial charge in [0, 0.05) is 5.56 Å². The molecule has 0 atom stereocenters. The van der Waals surface area contributed by atoms with Gasteiger partial charge >= 0.3 is 5.97 Å². The van der Waals surface area contributed by atoms with Crippen molar-refractivity contribution in [3.63, 3.8) is 0 Å². The molecule has 0 unspecified atom stereocenters. The molecule has 0 fully saturated rings. The monoisotopic (exact) mass is 289 g/mol. The van der Waals surface area contributed by atoms with Crippen LogP contribution in [0.1, 0.15) is 9.67 Å². The van der Waals surface area contributed by atoms with Crippen molar-refractivity contribution in [3.8, 4) is 11.3 Å². The molecule has 0 aliphatic rings. The largest absolute Gasteiger partial charge is 0.477 e. The summed E-state index contributed by atoms with van der Waals surface area (Å²) in [5.74, 6) is -0.908. The smallest absolute Gasteiger partial charge is 0.346 e. The zero-order chi connectivity index (χ0) is 10.1. The Hall–Kier alpha value is -0.720. The molecule has 1 N–H and O–H groups in total. The Labute approximate surface area is 96.2 Å². The Morgan fingerprint density at radius 3 is 2.86 bits per heavy atom. The fourth-order valence-corrected chi connectivity index (χ4v) is 2.89. The highest BCUT2D eigenvalue weighted by atomic mass is 79.9. The lowest BCUT2D eigenvalue weighted by atomic mass is 10.2. The first-order valence-corrected chi connectivity index (χ1v) is 6.15. The van der Waals surface area contributed by atoms with Crippen molar-refractivity contribution in [2.24, 2.45) is 0 Å². The maximum atomic E-state index is 10.9. The Morgan fingerprint density at radius 2 is 2.29 bits per heavy atom. The number of thiazole rings is 1. The van der Waals surface area contributed by atoms with E-state index in [1.165, 1.54) is 22.7 Å². The number of aromatic carboxylic acids is 1. The molecule has 0 aliphatic carbocycles. The van der Waals surface area contributed by atoms with Gasteiger partial charge in [-0.3, -0.25) is 0 Å². The average molecular weight is 290 g/mol. The highest BCUT2D eigenvalue weighted by Crippen LogP contribution is 2.34. The van der Waals surface area contributed by atoms with E-state index in [-0.39, 0.29) is 0 Å². The van der Waals surface area contributed by atoms with Crippen molar-refractivity contribution in [3.05, 3.63) is 25.6 Å². The molecule has 0 radical (unpaired) electrons. The van der Waals surface area contributed by atoms with Crippen LogP contribution in [0.3, 0.4) is 0 Å². The highest BCUT2D eigenvalue weighted by Gasteiger charge is 2.16. The maximum absolute atomic E-state index is 10.9. The molecular weight excluding hydrogens is 286 g/mol. The van der Waals surface area contributed by atoms with Gasteiger partial charge in [0.05, 0.1) is 15.0 Å². The predicted octanol–water partition coefficient (Wildman–Crippen LogP) is 3.33. The first kappa shape index (κ1) is 9.82. The predicted molar refractivity (Wildman–Crippen MR) is 60.1 cm³/mol. The number of carboxylic acids is 1. The third kappa shape index (κ3) is 1.60. The summed E-state index contributed by atoms with van der Waals surface area (Å²) in [6.45, 7) is 0. The highest BCUT2D eigenvalue weighted by molar-refractivity contribution is 9.11. The summed E-state index contributed by atoms with van der Waals surface area (Å²) in [4.78, 5) is 15.3. The number of hydrogen-bond acceptors (Lipinski definition) is 4. The first-order chi connectivity index (χ1) is 6.70. The fourth-order valence-electron chi connectivity index (χ4n) is 1.07. The molecule has 0 bridgehead atoms. The lowest BCUT2D eigenvalue weighted by Gasteiger charge is -1.95. The molecule has 0 spiro atoms. The van der Waals surface area contributed by atoms with E-state index in [2.05, 4.69) is 20.9 Å². The SMILES string of the molecule is O=C(O)c1sccc1-c1ncsc1Br. The molecule has 3 nitrogen and oxygen atoms in total. The van der Waals surface area contributed by atoms with E-state index in [0.29, 0.717) is 16.1 Å². The molecule has 0 aliphatic heterocycles. The van der Waals surface area contributed by atoms with E-state index in [9.17, 15) is 4.79 Å². The molecule has 0 saturated carbocycles. The van der Waals surface area contributed by atoms with Gasteiger partial charge < -0.3 is 5.11 Å². The number of nitrogens with zero attached hydrogens (tertiary/aromatic N) is 1. The van der Waals surface area contributed by atoms with Crippen molar-refractivity contribution in [1.82, 2.24) is 4.98 Å². The fraction of sp³-hybridized carbons (Fsp3) is 0. The molecule has 2 heterocycles. The van der Waals surface area contributed by atoms with E-state index in [4.69, 9.17) is 5.11 Å². The lowest BCUT2D eigenvalue weighted by Crippen LogP contribution is -1.94. The van der Waals surface area contributed by atoms with Crippen LogP contribution in [0.4, 0.5) is 0 Å². The van der Waals surface area contributed by atoms with Gasteiger partial charge in [-0.2, -0.15) is 0 Å². The van der Waals surface area contributed by atoms with Crippen LogP contribution in [0.5, 0.6) is 0 Å². The molecule has 2 aromatic rings. The summed E-state index contributed by atoms with van der Waals surface area (Å²) in [5.41, 5.74) is 3.06. The van der Waals surface area contributed by atoms with E-state index < -0.39 is 5.97 Å². The summed E-state index contributed by atoms with van der Waals surface area (Å²) < 4.78 is 0.860. The number of thiophene rings is 1. The van der Waals surface area contributed by atoms with Crippen molar-refractivity contribution >= 4 is 44.6 Å². The molecule has 2 rings (SSSR count). The van der Waals surface area contributed by atoms with Crippen LogP contribution in [0.15, 0.2) is 20.7 Å². The molecule has 6 heteroatoms. The van der Waals surface area contributed by atoms with Gasteiger partial charge in [0.1, 0.15) is 4.88 Å². The van der Waals surface area contributed by atoms with Crippen LogP contribution in [-0.4, -0.2) is 16.1 Å². The van der Waals surface area contributed by atoms with E-state index in [1.54, 1.807) is 17.0 Å². The second-order valence-electron chi connectivity index (χ2n) is 2.44. The first-order valence-electron chi connectivity index (χ1n) is 3.60. The van der Waals surface area contributed by atoms with E-state index in [0.717, 1.165) is 3.79 Å². The molecule has 0 aromatic carbocycles. The van der Waals surface area contributed by atoms with Crippen LogP contribution in [-0.2, 0) is 0 Å². The molecule has 0 amide bonds. The summed E-state index contributed by atoms with van der Waals surface area (Å²) in [7, 11) is 0. The summed E-state index contributed by atoms with van der Waals surface area (Å²) in [6, 6.07) is 1.77. The van der Waals surface area contributed by atoms with Crippen molar-refractivity contribution in [2.45, 2.75) is 0 Å². The van der Waals surface area contributed by atoms with Crippen LogP contribution in [0.2, 0.25) is 0 Å². The van der Waals surface area contributed by atoms with Crippen molar-refractivity contribution in [2.75, 3.05) is 0 Å². The normalized spacial score (nSPS) is 10.4. The number of rotatable bonds is 2. The maximum Gasteiger partial charge on any atom is 0.346 e. The summed E-state index contributed by atoms with van der Waals surface area (Å²) in [6.07, 6.45) is 0. The molecule has 72 valence electrons. The zero-order valence-corrected chi connectivity index (χ0v) is 9.95. The number of carboxylic acid groups (broad SMARTS) is 1. The summed E-state index contributed by atoms with van der Waals surface area (Å²) in [5, 5.41) is 10.7. The van der Waals surface area contributed by atoms with Gasteiger partial charge in [-0.05, 0) is 27.4 Å². The minimum Gasteiger partial charge on any atom is -0.477 e. The van der Waals surface area contributed by atoms with Gasteiger partial charge in [0.2, 0.25) is 0 Å². The zero-order valence-electron chi connectivity index (χ0n) is 6.73. The minimum atomic E-state index is -0.908. The van der Waals surface area contributed by atoms with Gasteiger partial charge in [-0.25, -0.2) is 9.78 Å². The topological polar surface area (TPSA) is 50.2 Å². The number of aromatic nitrogens is 1. The minimum absolute atomic E-state index is 0.330. The van der Waals surface area contributed by atoms with Gasteiger partial charge in [0.25, 0.3) is 0 Å². The molecular formula is C8H4BrNO2S2. The number of hydrogen-bond donors (Lipinski definition) is 1. The third-order valence-electron chi connectivity index (χ3n) is 1.64. The number of carbonyl (C=O) groups is 1. The average Bonchev–Trinajstić information content (AvgIpc) is 2.70. The van der Waals surface area contributed by atoms with Crippen LogP contribution < -0.4 is 0 Å². The summed E-state index contributed by atoms with van der Waals surface area (Å²) >= 11 is 5.99. The van der Waals surface area contributed by atoms with Crippen molar-refractivity contribution < 1.29 is 9.90 Å². The second-order valence-corrected chi connectivity index (χ2v) is 5.53. The van der Waals surface area contributed by atoms with Gasteiger partial charge in [0.15, 0.2) is 0 Å². The van der Waals surface area contributed by atoms with Crippen LogP contribution in [0.25, 0.3) is 11.3 Å². The van der Waals surface area contributed by atoms with Crippen molar-refractivity contribution in [1.29, 1.82) is 0 Å². The van der Waals surface area contributed by atoms with E-state index >= 15 is 0 Å². The Kier molecular flexibility index (Phi) is 2.66. The molecule has 14 heavy (non-hydrogen) atoms. The molecule has 2 aromatic heterocycles.